The summed E-state index contributed by atoms with van der Waals surface area (Å²) in [5, 5.41) is 5.89. The summed E-state index contributed by atoms with van der Waals surface area (Å²) >= 11 is 0. The van der Waals surface area contributed by atoms with E-state index in [1.165, 1.54) is 32.3 Å². The summed E-state index contributed by atoms with van der Waals surface area (Å²) in [6, 6.07) is 40.3. The Balaban J connectivity index is 1.60. The maximum atomic E-state index is 2.47. The van der Waals surface area contributed by atoms with E-state index < -0.39 is 15.8 Å². The van der Waals surface area contributed by atoms with Crippen LogP contribution in [0.2, 0.25) is 0 Å². The van der Waals surface area contributed by atoms with Crippen molar-refractivity contribution in [2.75, 3.05) is 0 Å². The minimum Gasteiger partial charge on any atom is -0.0724 e. The van der Waals surface area contributed by atoms with Crippen molar-refractivity contribution >= 4 is 37.1 Å². The topological polar surface area (TPSA) is 0 Å². The SMILES string of the molecule is Cc1ccccc1P(c1ccccc1C)[C@H](C)C1=CC=CC1P(c1ccccc1)c1ccccc1. The number of rotatable bonds is 7. The molecule has 0 saturated carbocycles. The first-order valence-electron chi connectivity index (χ1n) is 12.3. The van der Waals surface area contributed by atoms with Crippen molar-refractivity contribution < 1.29 is 0 Å². The third-order valence-electron chi connectivity index (χ3n) is 6.89. The molecule has 4 aromatic carbocycles. The third kappa shape index (κ3) is 4.97. The molecule has 4 aromatic rings. The Morgan fingerprint density at radius 1 is 0.600 bits per heavy atom. The monoisotopic (exact) mass is 490 g/mol. The predicted octanol–water partition coefficient (Wildman–Crippen LogP) is 7.12. The van der Waals surface area contributed by atoms with Crippen LogP contribution in [-0.4, -0.2) is 11.3 Å². The van der Waals surface area contributed by atoms with E-state index in [2.05, 4.69) is 148 Å². The van der Waals surface area contributed by atoms with Gasteiger partial charge in [0, 0.05) is 11.3 Å². The molecule has 35 heavy (non-hydrogen) atoms. The van der Waals surface area contributed by atoms with Crippen LogP contribution in [0.1, 0.15) is 18.1 Å². The van der Waals surface area contributed by atoms with Crippen LogP contribution in [0.5, 0.6) is 0 Å². The van der Waals surface area contributed by atoms with Gasteiger partial charge in [-0.15, -0.1) is 0 Å². The number of allylic oxidation sites excluding steroid dienone is 4. The Bertz CT molecular complexity index is 1250. The molecule has 0 spiro atoms. The summed E-state index contributed by atoms with van der Waals surface area (Å²) in [7, 11) is -1.10. The van der Waals surface area contributed by atoms with Gasteiger partial charge >= 0.3 is 0 Å². The van der Waals surface area contributed by atoms with E-state index in [9.17, 15) is 0 Å². The summed E-state index contributed by atoms with van der Waals surface area (Å²) < 4.78 is 0. The lowest BCUT2D eigenvalue weighted by Gasteiger charge is -2.35. The number of aryl methyl sites for hydroxylation is 2. The molecular weight excluding hydrogens is 458 g/mol. The van der Waals surface area contributed by atoms with Crippen LogP contribution in [0.3, 0.4) is 0 Å². The normalized spacial score (nSPS) is 16.0. The zero-order chi connectivity index (χ0) is 24.2. The second kappa shape index (κ2) is 10.9. The Labute approximate surface area is 213 Å². The minimum absolute atomic E-state index is 0.405. The Kier molecular flexibility index (Phi) is 7.43. The first-order chi connectivity index (χ1) is 17.1. The molecule has 174 valence electrons. The molecule has 0 nitrogen and oxygen atoms in total. The molecule has 1 aliphatic carbocycles. The lowest BCUT2D eigenvalue weighted by molar-refractivity contribution is 1.06. The summed E-state index contributed by atoms with van der Waals surface area (Å²) in [6.45, 7) is 7.02. The molecule has 2 atom stereocenters. The van der Waals surface area contributed by atoms with Crippen molar-refractivity contribution in [1.82, 2.24) is 0 Å². The number of hydrogen-bond donors (Lipinski definition) is 0. The Hall–Kier alpha value is -2.78. The third-order valence-corrected chi connectivity index (χ3v) is 12.7. The van der Waals surface area contributed by atoms with Crippen LogP contribution < -0.4 is 21.2 Å². The highest BCUT2D eigenvalue weighted by Gasteiger charge is 2.34. The van der Waals surface area contributed by atoms with Gasteiger partial charge in [-0.25, -0.2) is 0 Å². The quantitative estimate of drug-likeness (QED) is 0.242. The van der Waals surface area contributed by atoms with Crippen molar-refractivity contribution in [3.63, 3.8) is 0 Å². The standard InChI is InChI=1S/C33H32P2/c1-25-15-10-12-22-31(25)34(32-23-13-11-16-26(32)2)27(3)30-21-14-24-33(30)35(28-17-6-4-7-18-28)29-19-8-5-9-20-29/h4-24,27,33H,1-3H3/t27-,33?/m1/s1. The van der Waals surface area contributed by atoms with E-state index in [0.29, 0.717) is 11.3 Å². The number of benzene rings is 4. The summed E-state index contributed by atoms with van der Waals surface area (Å²) in [5.41, 5.74) is 5.20. The fraction of sp³-hybridized carbons (Fsp3) is 0.152. The maximum Gasteiger partial charge on any atom is 0.0273 e. The van der Waals surface area contributed by atoms with E-state index in [0.717, 1.165) is 0 Å². The Morgan fingerprint density at radius 2 is 1.06 bits per heavy atom. The molecule has 0 aliphatic heterocycles. The van der Waals surface area contributed by atoms with Crippen LogP contribution in [0, 0.1) is 13.8 Å². The molecule has 2 heteroatoms. The smallest absolute Gasteiger partial charge is 0.0273 e. The first kappa shape index (κ1) is 23.9. The van der Waals surface area contributed by atoms with Crippen molar-refractivity contribution in [3.05, 3.63) is 144 Å². The second-order valence-electron chi connectivity index (χ2n) is 9.16. The average molecular weight is 491 g/mol. The summed E-state index contributed by atoms with van der Waals surface area (Å²) in [5.74, 6) is 0. The molecule has 0 bridgehead atoms. The van der Waals surface area contributed by atoms with E-state index in [4.69, 9.17) is 0 Å². The number of hydrogen-bond acceptors (Lipinski definition) is 0. The maximum absolute atomic E-state index is 2.47. The molecule has 0 heterocycles. The molecule has 5 rings (SSSR count). The van der Waals surface area contributed by atoms with E-state index in [1.54, 1.807) is 5.57 Å². The minimum atomic E-state index is -0.552. The predicted molar refractivity (Wildman–Crippen MR) is 158 cm³/mol. The molecule has 0 radical (unpaired) electrons. The molecule has 0 fully saturated rings. The fourth-order valence-electron chi connectivity index (χ4n) is 5.11. The van der Waals surface area contributed by atoms with Crippen LogP contribution in [0.4, 0.5) is 0 Å². The van der Waals surface area contributed by atoms with E-state index in [1.807, 2.05) is 0 Å². The fourth-order valence-corrected chi connectivity index (χ4v) is 11.1. The summed E-state index contributed by atoms with van der Waals surface area (Å²) in [6.07, 6.45) is 7.18. The zero-order valence-electron chi connectivity index (χ0n) is 20.7. The van der Waals surface area contributed by atoms with Crippen LogP contribution in [0.25, 0.3) is 0 Å². The van der Waals surface area contributed by atoms with Gasteiger partial charge in [0.2, 0.25) is 0 Å². The highest BCUT2D eigenvalue weighted by Crippen LogP contribution is 2.53. The lowest BCUT2D eigenvalue weighted by atomic mass is 10.2. The largest absolute Gasteiger partial charge is 0.0724 e. The first-order valence-corrected chi connectivity index (χ1v) is 15.2. The lowest BCUT2D eigenvalue weighted by Crippen LogP contribution is -2.29. The van der Waals surface area contributed by atoms with Gasteiger partial charge in [-0.1, -0.05) is 140 Å². The van der Waals surface area contributed by atoms with Gasteiger partial charge in [-0.3, -0.25) is 0 Å². The molecular formula is C33H32P2. The van der Waals surface area contributed by atoms with Gasteiger partial charge in [-0.05, 0) is 62.0 Å². The van der Waals surface area contributed by atoms with Crippen molar-refractivity contribution in [3.8, 4) is 0 Å². The van der Waals surface area contributed by atoms with Crippen molar-refractivity contribution in [2.24, 2.45) is 0 Å². The van der Waals surface area contributed by atoms with Crippen molar-refractivity contribution in [2.45, 2.75) is 32.1 Å². The highest BCUT2D eigenvalue weighted by atomic mass is 31.1. The van der Waals surface area contributed by atoms with Gasteiger partial charge in [0.05, 0.1) is 0 Å². The van der Waals surface area contributed by atoms with E-state index >= 15 is 0 Å². The summed E-state index contributed by atoms with van der Waals surface area (Å²) in [4.78, 5) is 0. The molecule has 0 N–H and O–H groups in total. The molecule has 0 aromatic heterocycles. The van der Waals surface area contributed by atoms with Gasteiger partial charge in [-0.2, -0.15) is 0 Å². The van der Waals surface area contributed by atoms with Gasteiger partial charge < -0.3 is 0 Å². The van der Waals surface area contributed by atoms with Gasteiger partial charge in [0.1, 0.15) is 0 Å². The molecule has 0 amide bonds. The molecule has 0 saturated heterocycles. The Morgan fingerprint density at radius 3 is 1.54 bits per heavy atom. The second-order valence-corrected chi connectivity index (χ2v) is 14.0. The zero-order valence-corrected chi connectivity index (χ0v) is 22.5. The van der Waals surface area contributed by atoms with Crippen LogP contribution in [0.15, 0.2) is 133 Å². The average Bonchev–Trinajstić information content (AvgIpc) is 3.37. The van der Waals surface area contributed by atoms with Gasteiger partial charge in [0.15, 0.2) is 0 Å². The molecule has 1 unspecified atom stereocenters. The van der Waals surface area contributed by atoms with Crippen molar-refractivity contribution in [1.29, 1.82) is 0 Å². The van der Waals surface area contributed by atoms with E-state index in [-0.39, 0.29) is 0 Å². The van der Waals surface area contributed by atoms with Gasteiger partial charge in [0.25, 0.3) is 0 Å². The van der Waals surface area contributed by atoms with Crippen LogP contribution in [-0.2, 0) is 0 Å². The van der Waals surface area contributed by atoms with Crippen LogP contribution >= 0.6 is 15.8 Å². The highest BCUT2D eigenvalue weighted by molar-refractivity contribution is 7.75. The molecule has 1 aliphatic rings.